The van der Waals surface area contributed by atoms with Crippen LogP contribution in [0.4, 0.5) is 0 Å². The van der Waals surface area contributed by atoms with Crippen LogP contribution in [-0.2, 0) is 4.18 Å². The number of aryl methyl sites for hydroxylation is 1. The maximum atomic E-state index is 5.54. The molecule has 92 valence electrons. The Balaban J connectivity index is 1.97. The highest BCUT2D eigenvalue weighted by molar-refractivity contribution is 7.94. The fraction of sp³-hybridized carbons (Fsp3) is 0.467. The van der Waals surface area contributed by atoms with Gasteiger partial charge in [-0.3, -0.25) is 0 Å². The predicted molar refractivity (Wildman–Crippen MR) is 74.9 cm³/mol. The van der Waals surface area contributed by atoms with E-state index in [1.54, 1.807) is 0 Å². The smallest absolute Gasteiger partial charge is 0.0618 e. The zero-order chi connectivity index (χ0) is 12.3. The van der Waals surface area contributed by atoms with Gasteiger partial charge in [-0.2, -0.15) is 0 Å². The second kappa shape index (κ2) is 9.15. The van der Waals surface area contributed by atoms with Gasteiger partial charge in [-0.25, -0.2) is 0 Å². The number of hydrogen-bond acceptors (Lipinski definition) is 2. The molecule has 0 aliphatic rings. The molecule has 0 fully saturated rings. The first-order valence-corrected chi connectivity index (χ1v) is 6.86. The third-order valence-corrected chi connectivity index (χ3v) is 3.22. The van der Waals surface area contributed by atoms with Gasteiger partial charge in [-0.05, 0) is 31.9 Å². The summed E-state index contributed by atoms with van der Waals surface area (Å²) in [7, 11) is 0. The molecule has 1 nitrogen and oxygen atoms in total. The summed E-state index contributed by atoms with van der Waals surface area (Å²) in [5.74, 6) is 2.66. The minimum Gasteiger partial charge on any atom is -0.310 e. The van der Waals surface area contributed by atoms with E-state index in [4.69, 9.17) is 10.6 Å². The molecule has 0 aliphatic heterocycles. The van der Waals surface area contributed by atoms with Crippen molar-refractivity contribution in [1.82, 2.24) is 0 Å². The molecule has 1 aromatic carbocycles. The van der Waals surface area contributed by atoms with E-state index in [2.05, 4.69) is 37.1 Å². The lowest BCUT2D eigenvalue weighted by atomic mass is 10.1. The summed E-state index contributed by atoms with van der Waals surface area (Å²) in [6, 6.07) is 8.39. The van der Waals surface area contributed by atoms with Crippen LogP contribution in [0.15, 0.2) is 29.2 Å². The van der Waals surface area contributed by atoms with Gasteiger partial charge < -0.3 is 4.18 Å². The highest BCUT2D eigenvalue weighted by atomic mass is 32.2. The van der Waals surface area contributed by atoms with Crippen molar-refractivity contribution < 1.29 is 4.18 Å². The van der Waals surface area contributed by atoms with Crippen molar-refractivity contribution in [3.63, 3.8) is 0 Å². The van der Waals surface area contributed by atoms with Crippen molar-refractivity contribution >= 4 is 12.0 Å². The van der Waals surface area contributed by atoms with Crippen LogP contribution in [0.25, 0.3) is 0 Å². The topological polar surface area (TPSA) is 9.23 Å². The van der Waals surface area contributed by atoms with E-state index in [1.807, 2.05) is 0 Å². The Labute approximate surface area is 109 Å². The minimum absolute atomic E-state index is 0.814. The van der Waals surface area contributed by atoms with E-state index in [0.717, 1.165) is 25.9 Å². The Kier molecular flexibility index (Phi) is 7.62. The number of rotatable bonds is 8. The summed E-state index contributed by atoms with van der Waals surface area (Å²) in [5.41, 5.74) is 1.28. The monoisotopic (exact) mass is 248 g/mol. The molecule has 0 aliphatic carbocycles. The second-order valence-electron chi connectivity index (χ2n) is 4.09. The summed E-state index contributed by atoms with van der Waals surface area (Å²) in [6.45, 7) is 2.90. The van der Waals surface area contributed by atoms with Gasteiger partial charge in [0, 0.05) is 23.4 Å². The molecule has 0 heterocycles. The Morgan fingerprint density at radius 1 is 1.12 bits per heavy atom. The summed E-state index contributed by atoms with van der Waals surface area (Å²) in [6.07, 6.45) is 10.8. The largest absolute Gasteiger partial charge is 0.310 e. The lowest BCUT2D eigenvalue weighted by Crippen LogP contribution is -1.87. The summed E-state index contributed by atoms with van der Waals surface area (Å²) >= 11 is 1.47. The van der Waals surface area contributed by atoms with Crippen LogP contribution in [0.1, 0.15) is 37.7 Å². The maximum Gasteiger partial charge on any atom is 0.0618 e. The van der Waals surface area contributed by atoms with E-state index in [0.29, 0.717) is 0 Å². The predicted octanol–water partition coefficient (Wildman–Crippen LogP) is 4.60. The standard InChI is InChI=1S/C15H20OS/c1-3-4-5-6-7-8-13-16-17-15-11-9-14(2)10-12-15/h1,9-12H,4-8,13H2,2H3. The number of unbranched alkanes of at least 4 members (excludes halogenated alkanes) is 4. The highest BCUT2D eigenvalue weighted by Gasteiger charge is 1.95. The molecule has 0 bridgehead atoms. The quantitative estimate of drug-likeness (QED) is 0.378. The van der Waals surface area contributed by atoms with Crippen LogP contribution in [0.3, 0.4) is 0 Å². The molecule has 0 radical (unpaired) electrons. The van der Waals surface area contributed by atoms with Crippen molar-refractivity contribution in [2.75, 3.05) is 6.61 Å². The van der Waals surface area contributed by atoms with Crippen LogP contribution in [0.2, 0.25) is 0 Å². The lowest BCUT2D eigenvalue weighted by molar-refractivity contribution is 0.355. The summed E-state index contributed by atoms with van der Waals surface area (Å²) < 4.78 is 5.54. The Bertz CT molecular complexity index is 337. The zero-order valence-corrected chi connectivity index (χ0v) is 11.3. The van der Waals surface area contributed by atoms with E-state index >= 15 is 0 Å². The van der Waals surface area contributed by atoms with Crippen LogP contribution in [0, 0.1) is 19.3 Å². The Hall–Kier alpha value is -0.910. The molecular weight excluding hydrogens is 228 g/mol. The Morgan fingerprint density at radius 3 is 2.53 bits per heavy atom. The highest BCUT2D eigenvalue weighted by Crippen LogP contribution is 2.19. The van der Waals surface area contributed by atoms with Crippen LogP contribution >= 0.6 is 12.0 Å². The van der Waals surface area contributed by atoms with Crippen LogP contribution in [-0.4, -0.2) is 6.61 Å². The fourth-order valence-corrected chi connectivity index (χ4v) is 2.03. The maximum absolute atomic E-state index is 5.54. The first-order valence-electron chi connectivity index (χ1n) is 6.12. The van der Waals surface area contributed by atoms with Crippen molar-refractivity contribution in [2.45, 2.75) is 43.9 Å². The van der Waals surface area contributed by atoms with Gasteiger partial charge in [0.2, 0.25) is 0 Å². The van der Waals surface area contributed by atoms with Gasteiger partial charge in [-0.1, -0.05) is 30.5 Å². The van der Waals surface area contributed by atoms with Crippen LogP contribution in [0.5, 0.6) is 0 Å². The average Bonchev–Trinajstić information content (AvgIpc) is 2.35. The van der Waals surface area contributed by atoms with E-state index in [1.165, 1.54) is 35.3 Å². The average molecular weight is 248 g/mol. The van der Waals surface area contributed by atoms with Gasteiger partial charge in [-0.15, -0.1) is 12.3 Å². The first-order chi connectivity index (χ1) is 8.33. The van der Waals surface area contributed by atoms with Crippen LogP contribution < -0.4 is 0 Å². The van der Waals surface area contributed by atoms with E-state index in [9.17, 15) is 0 Å². The summed E-state index contributed by atoms with van der Waals surface area (Å²) in [4.78, 5) is 1.17. The number of hydrogen-bond donors (Lipinski definition) is 0. The molecule has 17 heavy (non-hydrogen) atoms. The van der Waals surface area contributed by atoms with Gasteiger partial charge in [0.15, 0.2) is 0 Å². The van der Waals surface area contributed by atoms with Crippen molar-refractivity contribution in [1.29, 1.82) is 0 Å². The molecule has 0 saturated heterocycles. The van der Waals surface area contributed by atoms with Gasteiger partial charge in [0.25, 0.3) is 0 Å². The third kappa shape index (κ3) is 7.10. The fourth-order valence-electron chi connectivity index (χ4n) is 1.45. The van der Waals surface area contributed by atoms with Crippen molar-refractivity contribution in [3.8, 4) is 12.3 Å². The molecule has 0 saturated carbocycles. The van der Waals surface area contributed by atoms with E-state index in [-0.39, 0.29) is 0 Å². The molecule has 2 heteroatoms. The molecule has 0 atom stereocenters. The first kappa shape index (κ1) is 14.2. The number of benzene rings is 1. The summed E-state index contributed by atoms with van der Waals surface area (Å²) in [5, 5.41) is 0. The molecule has 1 aromatic rings. The SMILES string of the molecule is C#CCCCCCCOSc1ccc(C)cc1. The van der Waals surface area contributed by atoms with Gasteiger partial charge in [0.1, 0.15) is 0 Å². The molecule has 1 rings (SSSR count). The van der Waals surface area contributed by atoms with Gasteiger partial charge in [0.05, 0.1) is 6.61 Å². The molecule has 0 amide bonds. The normalized spacial score (nSPS) is 10.1. The number of terminal acetylenes is 1. The van der Waals surface area contributed by atoms with E-state index < -0.39 is 0 Å². The van der Waals surface area contributed by atoms with Gasteiger partial charge >= 0.3 is 0 Å². The molecule has 0 aromatic heterocycles. The van der Waals surface area contributed by atoms with Crippen molar-refractivity contribution in [3.05, 3.63) is 29.8 Å². The molecule has 0 N–H and O–H groups in total. The second-order valence-corrected chi connectivity index (χ2v) is 4.96. The lowest BCUT2D eigenvalue weighted by Gasteiger charge is -2.03. The third-order valence-electron chi connectivity index (χ3n) is 2.47. The molecule has 0 unspecified atom stereocenters. The molecule has 0 spiro atoms. The Morgan fingerprint density at radius 2 is 1.82 bits per heavy atom. The minimum atomic E-state index is 0.814. The van der Waals surface area contributed by atoms with Crippen molar-refractivity contribution in [2.24, 2.45) is 0 Å². The zero-order valence-electron chi connectivity index (χ0n) is 10.4. The molecular formula is C15H20OS.